The number of methoxy groups -OCH3 is 1. The van der Waals surface area contributed by atoms with Crippen LogP contribution in [0.3, 0.4) is 0 Å². The van der Waals surface area contributed by atoms with E-state index in [1.807, 2.05) is 18.2 Å². The molecule has 0 aliphatic heterocycles. The van der Waals surface area contributed by atoms with Crippen molar-refractivity contribution in [2.24, 2.45) is 17.8 Å². The Labute approximate surface area is 117 Å². The number of allylic oxidation sites excluding steroid dienone is 2. The van der Waals surface area contributed by atoms with Crippen molar-refractivity contribution in [3.05, 3.63) is 34.8 Å². The van der Waals surface area contributed by atoms with Gasteiger partial charge in [0.05, 0.1) is 12.8 Å². The fraction of sp³-hybridized carbons (Fsp3) is 0.467. The van der Waals surface area contributed by atoms with Crippen LogP contribution in [-0.2, 0) is 0 Å². The Kier molecular flexibility index (Phi) is 3.33. The van der Waals surface area contributed by atoms with Gasteiger partial charge >= 0.3 is 0 Å². The summed E-state index contributed by atoms with van der Waals surface area (Å²) >= 11 is 3.58. The molecule has 96 valence electrons. The maximum absolute atomic E-state index is 5.26. The van der Waals surface area contributed by atoms with Crippen LogP contribution in [-0.4, -0.2) is 13.7 Å². The number of halogens is 1. The van der Waals surface area contributed by atoms with E-state index in [4.69, 9.17) is 4.74 Å². The minimum absolute atomic E-state index is 0.790. The summed E-state index contributed by atoms with van der Waals surface area (Å²) in [5.41, 5.74) is 1.13. The second kappa shape index (κ2) is 4.96. The van der Waals surface area contributed by atoms with Gasteiger partial charge in [-0.3, -0.25) is 0 Å². The van der Waals surface area contributed by atoms with E-state index in [2.05, 4.69) is 33.4 Å². The van der Waals surface area contributed by atoms with E-state index in [-0.39, 0.29) is 0 Å². The van der Waals surface area contributed by atoms with Crippen LogP contribution in [0.5, 0.6) is 5.75 Å². The fourth-order valence-corrected chi connectivity index (χ4v) is 3.52. The third-order valence-corrected chi connectivity index (χ3v) is 4.84. The number of anilines is 1. The van der Waals surface area contributed by atoms with Crippen molar-refractivity contribution in [2.45, 2.75) is 12.8 Å². The summed E-state index contributed by atoms with van der Waals surface area (Å²) in [6.45, 7) is 1.05. The van der Waals surface area contributed by atoms with Crippen molar-refractivity contribution >= 4 is 21.6 Å². The van der Waals surface area contributed by atoms with Gasteiger partial charge in [-0.2, -0.15) is 0 Å². The quantitative estimate of drug-likeness (QED) is 0.846. The average molecular weight is 308 g/mol. The second-order valence-electron chi connectivity index (χ2n) is 5.27. The van der Waals surface area contributed by atoms with E-state index in [0.29, 0.717) is 0 Å². The van der Waals surface area contributed by atoms with Crippen molar-refractivity contribution < 1.29 is 4.74 Å². The molecule has 0 spiro atoms. The zero-order chi connectivity index (χ0) is 12.5. The average Bonchev–Trinajstić information content (AvgIpc) is 3.00. The molecule has 3 rings (SSSR count). The van der Waals surface area contributed by atoms with Gasteiger partial charge in [0.15, 0.2) is 0 Å². The fourth-order valence-electron chi connectivity index (χ4n) is 3.14. The molecule has 0 saturated heterocycles. The first-order valence-electron chi connectivity index (χ1n) is 6.52. The third kappa shape index (κ3) is 2.28. The molecular weight excluding hydrogens is 290 g/mol. The lowest BCUT2D eigenvalue weighted by molar-refractivity contribution is 0.414. The summed E-state index contributed by atoms with van der Waals surface area (Å²) in [7, 11) is 1.70. The Morgan fingerprint density at radius 1 is 1.33 bits per heavy atom. The van der Waals surface area contributed by atoms with Gasteiger partial charge in [-0.15, -0.1) is 0 Å². The first kappa shape index (κ1) is 12.1. The molecule has 3 atom stereocenters. The highest BCUT2D eigenvalue weighted by Gasteiger charge is 2.35. The molecule has 1 N–H and O–H groups in total. The van der Waals surface area contributed by atoms with E-state index < -0.39 is 0 Å². The Bertz CT molecular complexity index is 472. The van der Waals surface area contributed by atoms with Gasteiger partial charge in [-0.05, 0) is 58.7 Å². The van der Waals surface area contributed by atoms with Crippen molar-refractivity contribution in [1.29, 1.82) is 0 Å². The molecule has 18 heavy (non-hydrogen) atoms. The molecule has 0 radical (unpaired) electrons. The molecular formula is C15H18BrNO. The Morgan fingerprint density at radius 3 is 2.89 bits per heavy atom. The lowest BCUT2D eigenvalue weighted by Gasteiger charge is -2.20. The van der Waals surface area contributed by atoms with Gasteiger partial charge in [0, 0.05) is 17.1 Å². The van der Waals surface area contributed by atoms with Crippen molar-refractivity contribution in [3.8, 4) is 5.75 Å². The molecule has 1 aromatic carbocycles. The predicted octanol–water partition coefficient (Wildman–Crippen LogP) is 4.08. The standard InChI is InChI=1S/C15H18BrNO/c1-18-13-4-5-14(16)15(8-13)17-9-12-7-10-2-3-11(12)6-10/h2-5,8,10-12,17H,6-7,9H2,1H3. The summed E-state index contributed by atoms with van der Waals surface area (Å²) < 4.78 is 6.36. The Morgan fingerprint density at radius 2 is 2.22 bits per heavy atom. The number of hydrogen-bond acceptors (Lipinski definition) is 2. The maximum atomic E-state index is 5.26. The summed E-state index contributed by atoms with van der Waals surface area (Å²) in [5, 5.41) is 3.55. The van der Waals surface area contributed by atoms with Crippen LogP contribution in [0, 0.1) is 17.8 Å². The highest BCUT2D eigenvalue weighted by Crippen LogP contribution is 2.43. The van der Waals surface area contributed by atoms with E-state index >= 15 is 0 Å². The van der Waals surface area contributed by atoms with Crippen molar-refractivity contribution in [3.63, 3.8) is 0 Å². The Balaban J connectivity index is 1.64. The molecule has 2 aliphatic rings. The van der Waals surface area contributed by atoms with Crippen LogP contribution < -0.4 is 10.1 Å². The lowest BCUT2D eigenvalue weighted by Crippen LogP contribution is -2.18. The zero-order valence-electron chi connectivity index (χ0n) is 10.5. The zero-order valence-corrected chi connectivity index (χ0v) is 12.1. The molecule has 0 heterocycles. The molecule has 2 nitrogen and oxygen atoms in total. The number of benzene rings is 1. The van der Waals surface area contributed by atoms with Crippen LogP contribution in [0.25, 0.3) is 0 Å². The number of hydrogen-bond donors (Lipinski definition) is 1. The predicted molar refractivity (Wildman–Crippen MR) is 78.0 cm³/mol. The summed E-state index contributed by atoms with van der Waals surface area (Å²) in [6.07, 6.45) is 7.51. The lowest BCUT2D eigenvalue weighted by atomic mass is 9.93. The molecule has 1 fully saturated rings. The first-order chi connectivity index (χ1) is 8.76. The normalized spacial score (nSPS) is 28.7. The van der Waals surface area contributed by atoms with Gasteiger partial charge in [-0.25, -0.2) is 0 Å². The van der Waals surface area contributed by atoms with Gasteiger partial charge in [0.2, 0.25) is 0 Å². The van der Waals surface area contributed by atoms with Crippen LogP contribution in [0.1, 0.15) is 12.8 Å². The molecule has 2 aliphatic carbocycles. The topological polar surface area (TPSA) is 21.3 Å². The molecule has 0 aromatic heterocycles. The summed E-state index contributed by atoms with van der Waals surface area (Å²) in [4.78, 5) is 0. The van der Waals surface area contributed by atoms with Gasteiger partial charge < -0.3 is 10.1 Å². The highest BCUT2D eigenvalue weighted by molar-refractivity contribution is 9.10. The number of nitrogens with one attached hydrogen (secondary N) is 1. The number of rotatable bonds is 4. The van der Waals surface area contributed by atoms with E-state index in [1.54, 1.807) is 7.11 Å². The highest BCUT2D eigenvalue weighted by atomic mass is 79.9. The number of ether oxygens (including phenoxy) is 1. The Hall–Kier alpha value is -0.960. The monoisotopic (exact) mass is 307 g/mol. The first-order valence-corrected chi connectivity index (χ1v) is 7.31. The van der Waals surface area contributed by atoms with E-state index in [0.717, 1.165) is 40.2 Å². The molecule has 1 aromatic rings. The third-order valence-electron chi connectivity index (χ3n) is 4.14. The minimum Gasteiger partial charge on any atom is -0.497 e. The van der Waals surface area contributed by atoms with E-state index in [1.165, 1.54) is 12.8 Å². The maximum Gasteiger partial charge on any atom is 0.121 e. The molecule has 3 unspecified atom stereocenters. The minimum atomic E-state index is 0.790. The van der Waals surface area contributed by atoms with Crippen LogP contribution >= 0.6 is 15.9 Å². The molecule has 1 saturated carbocycles. The molecule has 0 amide bonds. The van der Waals surface area contributed by atoms with Gasteiger partial charge in [0.1, 0.15) is 5.75 Å². The summed E-state index contributed by atoms with van der Waals surface area (Å²) in [5.74, 6) is 3.33. The number of fused-ring (bicyclic) bond motifs is 2. The van der Waals surface area contributed by atoms with Crippen molar-refractivity contribution in [1.82, 2.24) is 0 Å². The van der Waals surface area contributed by atoms with Crippen LogP contribution in [0.15, 0.2) is 34.8 Å². The largest absolute Gasteiger partial charge is 0.497 e. The van der Waals surface area contributed by atoms with Crippen LogP contribution in [0.4, 0.5) is 5.69 Å². The smallest absolute Gasteiger partial charge is 0.121 e. The SMILES string of the molecule is COc1ccc(Br)c(NCC2CC3C=CC2C3)c1. The van der Waals surface area contributed by atoms with E-state index in [9.17, 15) is 0 Å². The van der Waals surface area contributed by atoms with Crippen LogP contribution in [0.2, 0.25) is 0 Å². The molecule has 3 heteroatoms. The molecule has 2 bridgehead atoms. The summed E-state index contributed by atoms with van der Waals surface area (Å²) in [6, 6.07) is 6.05. The second-order valence-corrected chi connectivity index (χ2v) is 6.12. The van der Waals surface area contributed by atoms with Crippen molar-refractivity contribution in [2.75, 3.05) is 19.0 Å². The van der Waals surface area contributed by atoms with Gasteiger partial charge in [0.25, 0.3) is 0 Å². The van der Waals surface area contributed by atoms with Gasteiger partial charge in [-0.1, -0.05) is 12.2 Å².